The summed E-state index contributed by atoms with van der Waals surface area (Å²) in [5.74, 6) is 2.00. The van der Waals surface area contributed by atoms with E-state index in [0.29, 0.717) is 41.6 Å². The summed E-state index contributed by atoms with van der Waals surface area (Å²) in [6, 6.07) is 20.9. The molecule has 0 spiro atoms. The smallest absolute Gasteiger partial charge is 0.328 e. The number of rotatable bonds is 6. The number of fused-ring (bicyclic) bond motifs is 3. The van der Waals surface area contributed by atoms with Crippen molar-refractivity contribution in [1.29, 1.82) is 0 Å². The first-order valence-electron chi connectivity index (χ1n) is 13.5. The molecule has 5 aromatic rings. The molecule has 1 aliphatic rings. The van der Waals surface area contributed by atoms with E-state index in [1.165, 1.54) is 10.9 Å². The number of hydrogen-bond acceptors (Lipinski definition) is 9. The lowest BCUT2D eigenvalue weighted by atomic mass is 10.1. The highest BCUT2D eigenvalue weighted by Gasteiger charge is 2.22. The lowest BCUT2D eigenvalue weighted by Crippen LogP contribution is -2.33. The molecule has 1 amide bonds. The number of anilines is 3. The Bertz CT molecular complexity index is 1720. The molecule has 0 saturated heterocycles. The van der Waals surface area contributed by atoms with E-state index in [4.69, 9.17) is 19.2 Å². The molecule has 0 fully saturated rings. The highest BCUT2D eigenvalue weighted by molar-refractivity contribution is 5.95. The number of carbonyl (C=O) groups excluding carboxylic acids is 1. The fraction of sp³-hybridized carbons (Fsp3) is 0.226. The van der Waals surface area contributed by atoms with E-state index in [0.717, 1.165) is 28.2 Å². The number of hydrogen-bond donors (Lipinski definition) is 2. The van der Waals surface area contributed by atoms with Gasteiger partial charge in [-0.05, 0) is 42.0 Å². The standard InChI is InChI=1S/C31H31N7O4/c1-37(17-21-10-11-23(40-2)14-26(21)41-3)25-15-28-35-22-8-6-7-20(13-22)18-42-27(24-9-4-5-12-32-24)16-33-31(39)38-19-34-29(25)30(38)36-28/h4-15,19,27H,16-18H2,1-3H3,(H,33,39)(H,35,36). The molecule has 6 rings (SSSR count). The average Bonchev–Trinajstić information content (AvgIpc) is 3.45. The van der Waals surface area contributed by atoms with Crippen molar-refractivity contribution in [2.45, 2.75) is 19.3 Å². The van der Waals surface area contributed by atoms with Gasteiger partial charge in [-0.2, -0.15) is 0 Å². The molecule has 11 nitrogen and oxygen atoms in total. The SMILES string of the molecule is COc1ccc(CN(C)c2cc3nc4c2ncn4C(=O)NCC(c2ccccn2)OCc2cccc(c2)N3)c(OC)c1. The van der Waals surface area contributed by atoms with Gasteiger partial charge >= 0.3 is 6.03 Å². The van der Waals surface area contributed by atoms with Crippen molar-refractivity contribution >= 4 is 34.4 Å². The molecule has 2 aromatic carbocycles. The number of nitrogens with zero attached hydrogens (tertiary/aromatic N) is 5. The topological polar surface area (TPSA) is 116 Å². The third-order valence-corrected chi connectivity index (χ3v) is 7.12. The third kappa shape index (κ3) is 5.54. The molecule has 3 aromatic heterocycles. The van der Waals surface area contributed by atoms with Gasteiger partial charge in [-0.3, -0.25) is 4.98 Å². The fourth-order valence-corrected chi connectivity index (χ4v) is 4.96. The van der Waals surface area contributed by atoms with Crippen LogP contribution in [0.1, 0.15) is 22.9 Å². The van der Waals surface area contributed by atoms with Crippen molar-refractivity contribution < 1.29 is 19.0 Å². The van der Waals surface area contributed by atoms with Crippen LogP contribution < -0.4 is 25.0 Å². The monoisotopic (exact) mass is 565 g/mol. The van der Waals surface area contributed by atoms with Crippen LogP contribution >= 0.6 is 0 Å². The summed E-state index contributed by atoms with van der Waals surface area (Å²) in [6.45, 7) is 1.08. The molecule has 11 heteroatoms. The zero-order valence-electron chi connectivity index (χ0n) is 23.6. The summed E-state index contributed by atoms with van der Waals surface area (Å²) in [5.41, 5.74) is 5.31. The number of imidazole rings is 1. The van der Waals surface area contributed by atoms with Crippen LogP contribution in [0.5, 0.6) is 11.5 Å². The molecule has 1 unspecified atom stereocenters. The molecule has 4 heterocycles. The maximum Gasteiger partial charge on any atom is 0.328 e. The van der Waals surface area contributed by atoms with Crippen molar-refractivity contribution in [3.63, 3.8) is 0 Å². The van der Waals surface area contributed by atoms with E-state index in [1.807, 2.05) is 73.8 Å². The summed E-state index contributed by atoms with van der Waals surface area (Å²) in [7, 11) is 5.23. The van der Waals surface area contributed by atoms with Gasteiger partial charge in [0.15, 0.2) is 5.65 Å². The van der Waals surface area contributed by atoms with Crippen LogP contribution in [0, 0.1) is 0 Å². The Kier molecular flexibility index (Phi) is 7.56. The van der Waals surface area contributed by atoms with Gasteiger partial charge in [0, 0.05) is 43.2 Å². The number of nitrogens with one attached hydrogen (secondary N) is 2. The number of benzene rings is 2. The fourth-order valence-electron chi connectivity index (χ4n) is 4.96. The van der Waals surface area contributed by atoms with Crippen molar-refractivity contribution in [2.75, 3.05) is 38.0 Å². The average molecular weight is 566 g/mol. The molecule has 42 heavy (non-hydrogen) atoms. The van der Waals surface area contributed by atoms with Gasteiger partial charge in [-0.15, -0.1) is 0 Å². The maximum absolute atomic E-state index is 13.5. The molecule has 4 bridgehead atoms. The van der Waals surface area contributed by atoms with Gasteiger partial charge < -0.3 is 29.7 Å². The minimum atomic E-state index is -0.450. The Labute approximate surface area is 243 Å². The molecule has 214 valence electrons. The number of aromatic nitrogens is 4. The van der Waals surface area contributed by atoms with Crippen LogP contribution in [0.25, 0.3) is 11.2 Å². The van der Waals surface area contributed by atoms with E-state index < -0.39 is 6.10 Å². The number of pyridine rings is 2. The number of ether oxygens (including phenoxy) is 3. The van der Waals surface area contributed by atoms with Crippen LogP contribution in [0.15, 0.2) is 79.3 Å². The van der Waals surface area contributed by atoms with Crippen molar-refractivity contribution in [3.05, 3.63) is 96.1 Å². The first-order chi connectivity index (χ1) is 20.5. The predicted octanol–water partition coefficient (Wildman–Crippen LogP) is 5.05. The minimum Gasteiger partial charge on any atom is -0.497 e. The zero-order valence-corrected chi connectivity index (χ0v) is 23.6. The molecule has 2 N–H and O–H groups in total. The van der Waals surface area contributed by atoms with E-state index in [9.17, 15) is 4.79 Å². The normalized spacial score (nSPS) is 15.0. The minimum absolute atomic E-state index is 0.219. The molecule has 0 aliphatic carbocycles. The number of amides is 1. The summed E-state index contributed by atoms with van der Waals surface area (Å²) >= 11 is 0. The van der Waals surface area contributed by atoms with Crippen molar-refractivity contribution in [2.24, 2.45) is 0 Å². The van der Waals surface area contributed by atoms with Crippen LogP contribution in [0.2, 0.25) is 0 Å². The van der Waals surface area contributed by atoms with Crippen molar-refractivity contribution in [1.82, 2.24) is 24.8 Å². The molecule has 0 saturated carbocycles. The highest BCUT2D eigenvalue weighted by Crippen LogP contribution is 2.32. The Balaban J connectivity index is 1.40. The van der Waals surface area contributed by atoms with Crippen LogP contribution in [0.3, 0.4) is 0 Å². The second-order valence-electron chi connectivity index (χ2n) is 9.91. The van der Waals surface area contributed by atoms with Crippen LogP contribution in [-0.4, -0.2) is 53.4 Å². The largest absolute Gasteiger partial charge is 0.497 e. The van der Waals surface area contributed by atoms with E-state index >= 15 is 0 Å². The third-order valence-electron chi connectivity index (χ3n) is 7.12. The zero-order chi connectivity index (χ0) is 29.1. The van der Waals surface area contributed by atoms with Crippen LogP contribution in [-0.2, 0) is 17.9 Å². The lowest BCUT2D eigenvalue weighted by Gasteiger charge is -2.23. The predicted molar refractivity (Wildman–Crippen MR) is 159 cm³/mol. The molecule has 1 atom stereocenters. The second-order valence-corrected chi connectivity index (χ2v) is 9.91. The van der Waals surface area contributed by atoms with Gasteiger partial charge in [0.2, 0.25) is 0 Å². The van der Waals surface area contributed by atoms with Gasteiger partial charge in [0.25, 0.3) is 0 Å². The Hall–Kier alpha value is -5.16. The van der Waals surface area contributed by atoms with Gasteiger partial charge in [0.1, 0.15) is 35.3 Å². The summed E-state index contributed by atoms with van der Waals surface area (Å²) in [6.07, 6.45) is 2.75. The lowest BCUT2D eigenvalue weighted by molar-refractivity contribution is 0.0387. The van der Waals surface area contributed by atoms with Gasteiger partial charge in [0.05, 0.1) is 38.8 Å². The van der Waals surface area contributed by atoms with Gasteiger partial charge in [-0.1, -0.05) is 18.2 Å². The molecule has 1 aliphatic heterocycles. The Morgan fingerprint density at radius 2 is 1.95 bits per heavy atom. The summed E-state index contributed by atoms with van der Waals surface area (Å²) < 4.78 is 18.6. The molecule has 0 radical (unpaired) electrons. The molecular weight excluding hydrogens is 534 g/mol. The van der Waals surface area contributed by atoms with E-state index in [-0.39, 0.29) is 12.6 Å². The first kappa shape index (κ1) is 27.0. The Morgan fingerprint density at radius 3 is 2.76 bits per heavy atom. The Morgan fingerprint density at radius 1 is 1.05 bits per heavy atom. The molecular formula is C31H31N7O4. The highest BCUT2D eigenvalue weighted by atomic mass is 16.5. The van der Waals surface area contributed by atoms with E-state index in [2.05, 4.69) is 25.5 Å². The quantitative estimate of drug-likeness (QED) is 0.292. The summed E-state index contributed by atoms with van der Waals surface area (Å²) in [5, 5.41) is 6.38. The summed E-state index contributed by atoms with van der Waals surface area (Å²) in [4.78, 5) is 29.4. The maximum atomic E-state index is 13.5. The van der Waals surface area contributed by atoms with Crippen molar-refractivity contribution in [3.8, 4) is 11.5 Å². The van der Waals surface area contributed by atoms with Crippen LogP contribution in [0.4, 0.5) is 22.0 Å². The second kappa shape index (κ2) is 11.8. The number of carbonyl (C=O) groups is 1. The van der Waals surface area contributed by atoms with E-state index in [1.54, 1.807) is 20.4 Å². The van der Waals surface area contributed by atoms with Gasteiger partial charge in [-0.25, -0.2) is 19.3 Å². The number of methoxy groups -OCH3 is 2. The first-order valence-corrected chi connectivity index (χ1v) is 13.5.